The van der Waals surface area contributed by atoms with E-state index in [2.05, 4.69) is 11.6 Å². The topological polar surface area (TPSA) is 59.4 Å². The Hall–Kier alpha value is -2.10. The van der Waals surface area contributed by atoms with Gasteiger partial charge < -0.3 is 9.84 Å². The lowest BCUT2D eigenvalue weighted by Gasteiger charge is -2.05. The molecule has 84 valence electrons. The van der Waals surface area contributed by atoms with Crippen LogP contribution in [-0.4, -0.2) is 23.2 Å². The normalized spacial score (nSPS) is 11.0. The van der Waals surface area contributed by atoms with Crippen molar-refractivity contribution in [1.29, 1.82) is 0 Å². The molecule has 4 heteroatoms. The zero-order chi connectivity index (χ0) is 12.1. The Morgan fingerprint density at radius 1 is 1.62 bits per heavy atom. The molecule has 0 saturated carbocycles. The average molecular weight is 219 g/mol. The molecule has 0 bridgehead atoms. The van der Waals surface area contributed by atoms with E-state index in [0.717, 1.165) is 5.56 Å². The minimum absolute atomic E-state index is 0.00680. The fourth-order valence-corrected chi connectivity index (χ4v) is 1.28. The number of aromatic nitrogens is 1. The van der Waals surface area contributed by atoms with Crippen molar-refractivity contribution in [2.75, 3.05) is 7.11 Å². The fourth-order valence-electron chi connectivity index (χ4n) is 1.28. The quantitative estimate of drug-likeness (QED) is 0.790. The molecule has 0 amide bonds. The summed E-state index contributed by atoms with van der Waals surface area (Å²) >= 11 is 0. The number of nitrogens with zero attached hydrogens (tertiary/aromatic N) is 1. The van der Waals surface area contributed by atoms with Crippen LogP contribution in [0.3, 0.4) is 0 Å². The van der Waals surface area contributed by atoms with Crippen LogP contribution in [0.25, 0.3) is 12.2 Å². The Labute approximate surface area is 93.9 Å². The molecular weight excluding hydrogens is 206 g/mol. The number of carbonyl (C=O) groups is 1. The molecule has 0 saturated heterocycles. The first-order valence-corrected chi connectivity index (χ1v) is 4.67. The number of carboxylic acid groups (broad SMARTS) is 1. The first-order chi connectivity index (χ1) is 7.60. The molecule has 1 N–H and O–H groups in total. The molecule has 0 spiro atoms. The fraction of sp³-hybridized carbons (Fsp3) is 0.167. The smallest absolute Gasteiger partial charge is 0.355 e. The standard InChI is InChI=1S/C12H13NO3/c1-4-10-9(7-8(2)16-3)5-6-13-11(10)12(14)15/h4-7H,1H2,2-3H3,(H,14,15)/b8-7+. The summed E-state index contributed by atoms with van der Waals surface area (Å²) < 4.78 is 5.01. The van der Waals surface area contributed by atoms with Gasteiger partial charge in [0.05, 0.1) is 12.9 Å². The van der Waals surface area contributed by atoms with E-state index in [1.165, 1.54) is 12.3 Å². The molecule has 1 aromatic heterocycles. The molecular formula is C12H13NO3. The third-order valence-corrected chi connectivity index (χ3v) is 2.11. The SMILES string of the molecule is C=Cc1c(/C=C(\C)OC)ccnc1C(=O)O. The Morgan fingerprint density at radius 2 is 2.31 bits per heavy atom. The molecule has 0 aromatic carbocycles. The number of aromatic carboxylic acids is 1. The van der Waals surface area contributed by atoms with Crippen molar-refractivity contribution in [3.63, 3.8) is 0 Å². The van der Waals surface area contributed by atoms with Gasteiger partial charge in [-0.2, -0.15) is 0 Å². The zero-order valence-electron chi connectivity index (χ0n) is 9.23. The summed E-state index contributed by atoms with van der Waals surface area (Å²) in [5.74, 6) is -0.383. The van der Waals surface area contributed by atoms with E-state index < -0.39 is 5.97 Å². The molecule has 1 heterocycles. The van der Waals surface area contributed by atoms with Crippen molar-refractivity contribution in [2.24, 2.45) is 0 Å². The second kappa shape index (κ2) is 5.11. The summed E-state index contributed by atoms with van der Waals surface area (Å²) in [6.45, 7) is 5.38. The van der Waals surface area contributed by atoms with E-state index in [9.17, 15) is 4.79 Å². The third kappa shape index (κ3) is 2.48. The Morgan fingerprint density at radius 3 is 2.81 bits per heavy atom. The van der Waals surface area contributed by atoms with Gasteiger partial charge in [-0.1, -0.05) is 12.7 Å². The summed E-state index contributed by atoms with van der Waals surface area (Å²) in [4.78, 5) is 14.7. The highest BCUT2D eigenvalue weighted by atomic mass is 16.5. The van der Waals surface area contributed by atoms with Crippen LogP contribution in [0.4, 0.5) is 0 Å². The van der Waals surface area contributed by atoms with E-state index >= 15 is 0 Å². The van der Waals surface area contributed by atoms with Crippen molar-refractivity contribution >= 4 is 18.1 Å². The second-order valence-corrected chi connectivity index (χ2v) is 3.13. The number of allylic oxidation sites excluding steroid dienone is 1. The molecule has 4 nitrogen and oxygen atoms in total. The minimum Gasteiger partial charge on any atom is -0.501 e. The van der Waals surface area contributed by atoms with Gasteiger partial charge in [-0.25, -0.2) is 9.78 Å². The lowest BCUT2D eigenvalue weighted by Crippen LogP contribution is -2.04. The van der Waals surface area contributed by atoms with Crippen LogP contribution in [0.2, 0.25) is 0 Å². The number of pyridine rings is 1. The summed E-state index contributed by atoms with van der Waals surface area (Å²) in [5, 5.41) is 8.95. The van der Waals surface area contributed by atoms with Crippen LogP contribution in [0.1, 0.15) is 28.5 Å². The predicted octanol–water partition coefficient (Wildman–Crippen LogP) is 2.43. The van der Waals surface area contributed by atoms with Crippen LogP contribution in [0, 0.1) is 0 Å². The summed E-state index contributed by atoms with van der Waals surface area (Å²) in [6.07, 6.45) is 4.67. The van der Waals surface area contributed by atoms with Crippen molar-refractivity contribution in [1.82, 2.24) is 4.98 Å². The number of rotatable bonds is 4. The van der Waals surface area contributed by atoms with Crippen molar-refractivity contribution in [3.8, 4) is 0 Å². The first-order valence-electron chi connectivity index (χ1n) is 4.67. The largest absolute Gasteiger partial charge is 0.501 e. The van der Waals surface area contributed by atoms with Crippen LogP contribution in [-0.2, 0) is 4.74 Å². The number of carboxylic acids is 1. The lowest BCUT2D eigenvalue weighted by molar-refractivity contribution is 0.0690. The molecule has 0 unspecified atom stereocenters. The average Bonchev–Trinajstić information content (AvgIpc) is 2.28. The highest BCUT2D eigenvalue weighted by Gasteiger charge is 2.12. The second-order valence-electron chi connectivity index (χ2n) is 3.13. The summed E-state index contributed by atoms with van der Waals surface area (Å²) in [7, 11) is 1.55. The first kappa shape index (κ1) is 12.0. The summed E-state index contributed by atoms with van der Waals surface area (Å²) in [6, 6.07) is 1.71. The minimum atomic E-state index is -1.07. The number of hydrogen-bond donors (Lipinski definition) is 1. The van der Waals surface area contributed by atoms with Gasteiger partial charge in [-0.05, 0) is 24.6 Å². The van der Waals surface area contributed by atoms with Crippen molar-refractivity contribution in [2.45, 2.75) is 6.92 Å². The van der Waals surface area contributed by atoms with Gasteiger partial charge in [0.1, 0.15) is 0 Å². The van der Waals surface area contributed by atoms with E-state index in [1.807, 2.05) is 0 Å². The van der Waals surface area contributed by atoms with Gasteiger partial charge in [0, 0.05) is 11.8 Å². The number of methoxy groups -OCH3 is 1. The molecule has 0 aliphatic heterocycles. The van der Waals surface area contributed by atoms with Crippen LogP contribution in [0.5, 0.6) is 0 Å². The lowest BCUT2D eigenvalue weighted by atomic mass is 10.1. The maximum atomic E-state index is 10.9. The molecule has 1 rings (SSSR count). The van der Waals surface area contributed by atoms with Gasteiger partial charge >= 0.3 is 5.97 Å². The Kier molecular flexibility index (Phi) is 3.83. The Bertz CT molecular complexity index is 450. The summed E-state index contributed by atoms with van der Waals surface area (Å²) in [5.41, 5.74) is 1.21. The number of ether oxygens (including phenoxy) is 1. The van der Waals surface area contributed by atoms with Crippen LogP contribution in [0.15, 0.2) is 24.6 Å². The van der Waals surface area contributed by atoms with Gasteiger partial charge in [0.25, 0.3) is 0 Å². The van der Waals surface area contributed by atoms with Crippen LogP contribution >= 0.6 is 0 Å². The zero-order valence-corrected chi connectivity index (χ0v) is 9.23. The third-order valence-electron chi connectivity index (χ3n) is 2.11. The van der Waals surface area contributed by atoms with Gasteiger partial charge in [-0.3, -0.25) is 0 Å². The van der Waals surface area contributed by atoms with E-state index in [4.69, 9.17) is 9.84 Å². The molecule has 0 fully saturated rings. The molecule has 0 radical (unpaired) electrons. The van der Waals surface area contributed by atoms with E-state index in [-0.39, 0.29) is 5.69 Å². The van der Waals surface area contributed by atoms with Crippen LogP contribution < -0.4 is 0 Å². The highest BCUT2D eigenvalue weighted by Crippen LogP contribution is 2.17. The monoisotopic (exact) mass is 219 g/mol. The van der Waals surface area contributed by atoms with Crippen molar-refractivity contribution < 1.29 is 14.6 Å². The van der Waals surface area contributed by atoms with Gasteiger partial charge in [0.2, 0.25) is 0 Å². The molecule has 16 heavy (non-hydrogen) atoms. The van der Waals surface area contributed by atoms with Gasteiger partial charge in [0.15, 0.2) is 5.69 Å². The molecule has 0 aliphatic rings. The van der Waals surface area contributed by atoms with E-state index in [1.54, 1.807) is 26.2 Å². The molecule has 1 aromatic rings. The molecule has 0 atom stereocenters. The maximum Gasteiger partial charge on any atom is 0.355 e. The Balaban J connectivity index is 3.35. The van der Waals surface area contributed by atoms with Gasteiger partial charge in [-0.15, -0.1) is 0 Å². The predicted molar refractivity (Wildman–Crippen MR) is 61.9 cm³/mol. The van der Waals surface area contributed by atoms with Crippen molar-refractivity contribution in [3.05, 3.63) is 41.4 Å². The van der Waals surface area contributed by atoms with E-state index in [0.29, 0.717) is 11.3 Å². The number of hydrogen-bond acceptors (Lipinski definition) is 3. The molecule has 0 aliphatic carbocycles. The maximum absolute atomic E-state index is 10.9. The highest BCUT2D eigenvalue weighted by molar-refractivity contribution is 5.91.